The van der Waals surface area contributed by atoms with Gasteiger partial charge in [0.2, 0.25) is 0 Å². The Labute approximate surface area is 104 Å². The van der Waals surface area contributed by atoms with E-state index in [0.717, 1.165) is 11.3 Å². The molecular weight excluding hydrogens is 234 g/mol. The van der Waals surface area contributed by atoms with Crippen molar-refractivity contribution in [1.82, 2.24) is 9.78 Å². The molecule has 0 saturated carbocycles. The van der Waals surface area contributed by atoms with Crippen molar-refractivity contribution in [3.8, 4) is 5.75 Å². The molecule has 0 N–H and O–H groups in total. The minimum absolute atomic E-state index is 0.104. The molecule has 0 aliphatic rings. The van der Waals surface area contributed by atoms with E-state index in [4.69, 9.17) is 4.74 Å². The molecule has 6 heteroatoms. The summed E-state index contributed by atoms with van der Waals surface area (Å²) in [5, 5.41) is 14.5. The van der Waals surface area contributed by atoms with Gasteiger partial charge in [-0.15, -0.1) is 0 Å². The molecule has 0 amide bonds. The zero-order chi connectivity index (χ0) is 13.0. The maximum Gasteiger partial charge on any atom is 0.269 e. The normalized spacial score (nSPS) is 10.3. The summed E-state index contributed by atoms with van der Waals surface area (Å²) in [4.78, 5) is 10.1. The van der Waals surface area contributed by atoms with E-state index in [1.807, 2.05) is 7.05 Å². The summed E-state index contributed by atoms with van der Waals surface area (Å²) < 4.78 is 7.16. The molecule has 94 valence electrons. The summed E-state index contributed by atoms with van der Waals surface area (Å²) in [6, 6.07) is 6.48. The van der Waals surface area contributed by atoms with Crippen LogP contribution in [-0.2, 0) is 13.5 Å². The van der Waals surface area contributed by atoms with Crippen LogP contribution in [0.5, 0.6) is 5.75 Å². The van der Waals surface area contributed by atoms with Crippen molar-refractivity contribution in [1.29, 1.82) is 0 Å². The number of rotatable bonds is 5. The van der Waals surface area contributed by atoms with Crippen LogP contribution in [0, 0.1) is 10.1 Å². The van der Waals surface area contributed by atoms with E-state index < -0.39 is 4.92 Å². The maximum absolute atomic E-state index is 10.5. The molecule has 0 atom stereocenters. The number of hydrogen-bond acceptors (Lipinski definition) is 4. The number of nitro groups is 1. The summed E-state index contributed by atoms with van der Waals surface area (Å²) in [7, 11) is 1.82. The smallest absolute Gasteiger partial charge is 0.269 e. The van der Waals surface area contributed by atoms with E-state index in [-0.39, 0.29) is 5.69 Å². The van der Waals surface area contributed by atoms with Crippen LogP contribution in [0.2, 0.25) is 0 Å². The Balaban J connectivity index is 1.85. The summed E-state index contributed by atoms with van der Waals surface area (Å²) in [6.07, 6.45) is 4.14. The lowest BCUT2D eigenvalue weighted by atomic mass is 10.1. The van der Waals surface area contributed by atoms with Gasteiger partial charge in [-0.3, -0.25) is 14.8 Å². The molecule has 1 aromatic heterocycles. The predicted molar refractivity (Wildman–Crippen MR) is 65.5 cm³/mol. The first-order valence-electron chi connectivity index (χ1n) is 5.50. The number of benzene rings is 1. The molecule has 0 bridgehead atoms. The van der Waals surface area contributed by atoms with Crippen LogP contribution in [0.15, 0.2) is 36.7 Å². The van der Waals surface area contributed by atoms with Crippen molar-refractivity contribution in [2.75, 3.05) is 6.61 Å². The van der Waals surface area contributed by atoms with E-state index in [9.17, 15) is 10.1 Å². The second kappa shape index (κ2) is 5.31. The second-order valence-electron chi connectivity index (χ2n) is 3.87. The molecule has 0 aliphatic heterocycles. The summed E-state index contributed by atoms with van der Waals surface area (Å²) in [6.45, 7) is 0.517. The van der Waals surface area contributed by atoms with Crippen molar-refractivity contribution in [3.63, 3.8) is 0 Å². The van der Waals surface area contributed by atoms with Gasteiger partial charge in [0.25, 0.3) is 5.69 Å². The lowest BCUT2D eigenvalue weighted by Crippen LogP contribution is -2.00. The molecule has 2 rings (SSSR count). The summed E-state index contributed by atoms with van der Waals surface area (Å²) in [5.74, 6) is 0.722. The quantitative estimate of drug-likeness (QED) is 0.598. The molecule has 6 nitrogen and oxygen atoms in total. The van der Waals surface area contributed by atoms with Crippen molar-refractivity contribution >= 4 is 5.69 Å². The highest BCUT2D eigenvalue weighted by Gasteiger charge is 2.04. The van der Waals surface area contributed by atoms with E-state index in [0.29, 0.717) is 13.0 Å². The number of aryl methyl sites for hydroxylation is 1. The van der Waals surface area contributed by atoms with Crippen LogP contribution in [0.25, 0.3) is 0 Å². The average Bonchev–Trinajstić information content (AvgIpc) is 2.76. The summed E-state index contributed by atoms with van der Waals surface area (Å²) >= 11 is 0. The van der Waals surface area contributed by atoms with Crippen LogP contribution in [-0.4, -0.2) is 21.3 Å². The first-order chi connectivity index (χ1) is 8.65. The van der Waals surface area contributed by atoms with Crippen LogP contribution in [0.1, 0.15) is 5.56 Å². The number of nitro benzene ring substituents is 1. The Morgan fingerprint density at radius 1 is 1.39 bits per heavy atom. The van der Waals surface area contributed by atoms with E-state index in [1.54, 1.807) is 29.2 Å². The molecule has 0 aliphatic carbocycles. The lowest BCUT2D eigenvalue weighted by molar-refractivity contribution is -0.384. The van der Waals surface area contributed by atoms with Crippen LogP contribution >= 0.6 is 0 Å². The number of aromatic nitrogens is 2. The molecular formula is C12H13N3O3. The van der Waals surface area contributed by atoms with Crippen LogP contribution in [0.4, 0.5) is 5.69 Å². The maximum atomic E-state index is 10.5. The fourth-order valence-electron chi connectivity index (χ4n) is 1.54. The average molecular weight is 247 g/mol. The first-order valence-corrected chi connectivity index (χ1v) is 5.50. The Hall–Kier alpha value is -2.37. The molecule has 0 radical (unpaired) electrons. The zero-order valence-electron chi connectivity index (χ0n) is 9.94. The lowest BCUT2D eigenvalue weighted by Gasteiger charge is -2.03. The molecule has 0 spiro atoms. The van der Waals surface area contributed by atoms with Gasteiger partial charge in [0, 0.05) is 25.6 Å². The zero-order valence-corrected chi connectivity index (χ0v) is 9.94. The second-order valence-corrected chi connectivity index (χ2v) is 3.87. The van der Waals surface area contributed by atoms with Gasteiger partial charge in [0.05, 0.1) is 23.9 Å². The largest absolute Gasteiger partial charge is 0.490 e. The van der Waals surface area contributed by atoms with Gasteiger partial charge >= 0.3 is 0 Å². The number of hydrogen-bond donors (Lipinski definition) is 0. The van der Waals surface area contributed by atoms with Crippen molar-refractivity contribution in [2.24, 2.45) is 7.05 Å². The highest BCUT2D eigenvalue weighted by molar-refractivity contribution is 5.32. The van der Waals surface area contributed by atoms with Crippen molar-refractivity contribution in [2.45, 2.75) is 6.42 Å². The standard InChI is InChI=1S/C12H13N3O3/c1-14-9-12(8-13-14)18-7-6-10-2-4-11(5-3-10)15(16)17/h2-5,8-9H,6-7H2,1H3. The van der Waals surface area contributed by atoms with Gasteiger partial charge in [-0.25, -0.2) is 0 Å². The molecule has 18 heavy (non-hydrogen) atoms. The Bertz CT molecular complexity index is 534. The molecule has 0 unspecified atom stereocenters. The van der Waals surface area contributed by atoms with Gasteiger partial charge in [0.15, 0.2) is 5.75 Å². The molecule has 0 saturated heterocycles. The van der Waals surface area contributed by atoms with Crippen molar-refractivity contribution in [3.05, 3.63) is 52.3 Å². The van der Waals surface area contributed by atoms with Crippen molar-refractivity contribution < 1.29 is 9.66 Å². The fraction of sp³-hybridized carbons (Fsp3) is 0.250. The minimum atomic E-state index is -0.407. The Kier molecular flexibility index (Phi) is 3.57. The molecule has 1 aromatic carbocycles. The van der Waals surface area contributed by atoms with Gasteiger partial charge in [-0.1, -0.05) is 12.1 Å². The van der Waals surface area contributed by atoms with Crippen LogP contribution in [0.3, 0.4) is 0 Å². The SMILES string of the molecule is Cn1cc(OCCc2ccc([N+](=O)[O-])cc2)cn1. The van der Waals surface area contributed by atoms with Gasteiger partial charge in [0.1, 0.15) is 0 Å². The number of nitrogens with zero attached hydrogens (tertiary/aromatic N) is 3. The van der Waals surface area contributed by atoms with Gasteiger partial charge < -0.3 is 4.74 Å². The first kappa shape index (κ1) is 12.1. The van der Waals surface area contributed by atoms with E-state index in [1.165, 1.54) is 12.1 Å². The third kappa shape index (κ3) is 3.07. The Morgan fingerprint density at radius 2 is 2.11 bits per heavy atom. The number of non-ortho nitro benzene ring substituents is 1. The highest BCUT2D eigenvalue weighted by atomic mass is 16.6. The molecule has 2 aromatic rings. The summed E-state index contributed by atoms with van der Waals surface area (Å²) in [5.41, 5.74) is 1.11. The minimum Gasteiger partial charge on any atom is -0.490 e. The van der Waals surface area contributed by atoms with E-state index in [2.05, 4.69) is 5.10 Å². The number of ether oxygens (including phenoxy) is 1. The third-order valence-corrected chi connectivity index (χ3v) is 2.49. The van der Waals surface area contributed by atoms with E-state index >= 15 is 0 Å². The Morgan fingerprint density at radius 3 is 2.67 bits per heavy atom. The van der Waals surface area contributed by atoms with Gasteiger partial charge in [-0.05, 0) is 5.56 Å². The third-order valence-electron chi connectivity index (χ3n) is 2.49. The van der Waals surface area contributed by atoms with Crippen LogP contribution < -0.4 is 4.74 Å². The van der Waals surface area contributed by atoms with Gasteiger partial charge in [-0.2, -0.15) is 5.10 Å². The monoisotopic (exact) mass is 247 g/mol. The fourth-order valence-corrected chi connectivity index (χ4v) is 1.54. The highest BCUT2D eigenvalue weighted by Crippen LogP contribution is 2.13. The molecule has 0 fully saturated rings. The molecule has 1 heterocycles. The topological polar surface area (TPSA) is 70.2 Å². The predicted octanol–water partition coefficient (Wildman–Crippen LogP) is 1.95.